The number of carbonyl (C=O) groups is 4. The number of aliphatic carboxylic acids is 1. The average Bonchev–Trinajstić information content (AvgIpc) is 3.65. The van der Waals surface area contributed by atoms with Crippen LogP contribution in [0, 0.1) is 0 Å². The molecule has 3 aliphatic heterocycles. The molecule has 0 aliphatic carbocycles. The second kappa shape index (κ2) is 10.7. The second-order valence-corrected chi connectivity index (χ2v) is 9.82. The third-order valence-electron chi connectivity index (χ3n) is 7.12. The molecule has 5 heterocycles. The van der Waals surface area contributed by atoms with Crippen LogP contribution in [0.2, 0.25) is 0 Å². The maximum absolute atomic E-state index is 13.0. The number of pyridine rings is 1. The van der Waals surface area contributed by atoms with E-state index in [2.05, 4.69) is 26.3 Å². The van der Waals surface area contributed by atoms with Crippen LogP contribution in [-0.2, 0) is 27.5 Å². The molecule has 6 rings (SSSR count). The third-order valence-corrected chi connectivity index (χ3v) is 7.12. The Morgan fingerprint density at radius 2 is 1.85 bits per heavy atom. The number of hydrogen-bond donors (Lipinski definition) is 3. The number of likely N-dealkylation sites (tertiary alicyclic amines) is 1. The molecule has 40 heavy (non-hydrogen) atoms. The van der Waals surface area contributed by atoms with Gasteiger partial charge in [0.2, 0.25) is 11.8 Å². The molecular weight excluding hydrogens is 533 g/mol. The van der Waals surface area contributed by atoms with Crippen molar-refractivity contribution in [2.24, 2.45) is 0 Å². The summed E-state index contributed by atoms with van der Waals surface area (Å²) in [5.41, 5.74) is 6.01. The van der Waals surface area contributed by atoms with Crippen LogP contribution in [0.15, 0.2) is 30.6 Å². The highest BCUT2D eigenvalue weighted by atomic mass is 19.4. The number of carboxylic acid groups (broad SMARTS) is 1. The number of hydrogen-bond acceptors (Lipinski definition) is 7. The highest BCUT2D eigenvalue weighted by Crippen LogP contribution is 2.32. The van der Waals surface area contributed by atoms with Crippen molar-refractivity contribution in [3.8, 4) is 11.3 Å². The number of benzene rings is 1. The lowest BCUT2D eigenvalue weighted by Crippen LogP contribution is -2.52. The second-order valence-electron chi connectivity index (χ2n) is 9.82. The first-order chi connectivity index (χ1) is 19.0. The summed E-state index contributed by atoms with van der Waals surface area (Å²) in [5.74, 6) is -3.61. The zero-order chi connectivity index (χ0) is 28.6. The smallest absolute Gasteiger partial charge is 0.475 e. The van der Waals surface area contributed by atoms with Crippen LogP contribution in [0.3, 0.4) is 0 Å². The van der Waals surface area contributed by atoms with E-state index in [-0.39, 0.29) is 18.2 Å². The van der Waals surface area contributed by atoms with Crippen LogP contribution in [-0.4, -0.2) is 78.9 Å². The Morgan fingerprint density at radius 3 is 2.52 bits per heavy atom. The third kappa shape index (κ3) is 5.52. The molecular formula is C26H25F3N6O5. The predicted octanol–water partition coefficient (Wildman–Crippen LogP) is 2.62. The van der Waals surface area contributed by atoms with Crippen molar-refractivity contribution in [2.45, 2.75) is 51.0 Å². The molecule has 0 bridgehead atoms. The topological polar surface area (TPSA) is 149 Å². The van der Waals surface area contributed by atoms with E-state index in [1.54, 1.807) is 11.2 Å². The Morgan fingerprint density at radius 1 is 1.12 bits per heavy atom. The molecule has 1 unspecified atom stereocenters. The molecule has 11 nitrogen and oxygen atoms in total. The molecule has 1 aromatic carbocycles. The van der Waals surface area contributed by atoms with E-state index >= 15 is 0 Å². The largest absolute Gasteiger partial charge is 0.490 e. The fraction of sp³-hybridized carbons (Fsp3) is 0.385. The molecule has 3 aromatic rings. The predicted molar refractivity (Wildman–Crippen MR) is 134 cm³/mol. The number of carboxylic acids is 1. The van der Waals surface area contributed by atoms with E-state index in [9.17, 15) is 27.6 Å². The summed E-state index contributed by atoms with van der Waals surface area (Å²) < 4.78 is 31.7. The summed E-state index contributed by atoms with van der Waals surface area (Å²) >= 11 is 0. The number of aromatic amines is 1. The van der Waals surface area contributed by atoms with E-state index in [0.29, 0.717) is 18.5 Å². The molecule has 2 fully saturated rings. The van der Waals surface area contributed by atoms with Gasteiger partial charge in [0.05, 0.1) is 12.0 Å². The number of nitrogens with zero attached hydrogens (tertiary/aromatic N) is 4. The molecule has 0 radical (unpaired) electrons. The van der Waals surface area contributed by atoms with Crippen LogP contribution in [0.25, 0.3) is 22.4 Å². The lowest BCUT2D eigenvalue weighted by Gasteiger charge is -2.29. The van der Waals surface area contributed by atoms with Crippen LogP contribution in [0.1, 0.15) is 47.2 Å². The minimum atomic E-state index is -5.08. The lowest BCUT2D eigenvalue weighted by atomic mass is 10.0. The van der Waals surface area contributed by atoms with Gasteiger partial charge in [-0.05, 0) is 61.7 Å². The van der Waals surface area contributed by atoms with Crippen molar-refractivity contribution in [1.29, 1.82) is 0 Å². The first-order valence-electron chi connectivity index (χ1n) is 12.6. The number of carbonyl (C=O) groups excluding carboxylic acids is 3. The van der Waals surface area contributed by atoms with Gasteiger partial charge in [-0.2, -0.15) is 13.2 Å². The molecule has 0 spiro atoms. The van der Waals surface area contributed by atoms with E-state index in [0.717, 1.165) is 53.2 Å². The van der Waals surface area contributed by atoms with Crippen LogP contribution in [0.4, 0.5) is 13.2 Å². The van der Waals surface area contributed by atoms with Gasteiger partial charge in [-0.15, -0.1) is 0 Å². The average molecular weight is 559 g/mol. The summed E-state index contributed by atoms with van der Waals surface area (Å²) in [4.78, 5) is 62.1. The van der Waals surface area contributed by atoms with Gasteiger partial charge in [-0.1, -0.05) is 6.07 Å². The van der Waals surface area contributed by atoms with Crippen molar-refractivity contribution >= 4 is 34.9 Å². The van der Waals surface area contributed by atoms with Crippen molar-refractivity contribution in [3.63, 3.8) is 0 Å². The molecule has 210 valence electrons. The summed E-state index contributed by atoms with van der Waals surface area (Å²) in [5, 5.41) is 9.47. The van der Waals surface area contributed by atoms with Crippen LogP contribution in [0.5, 0.6) is 0 Å². The molecule has 0 saturated carbocycles. The first-order valence-corrected chi connectivity index (χ1v) is 12.6. The molecule has 3 amide bonds. The Kier molecular flexibility index (Phi) is 7.27. The zero-order valence-corrected chi connectivity index (χ0v) is 21.1. The SMILES string of the molecule is O=C(O)C(F)(F)F.O=C1CCC(N2Cc3cc(-c4cc(CN5CCCC5)c5nc[nH]c5n4)ccc3C2=O)C(=O)N1. The van der Waals surface area contributed by atoms with Gasteiger partial charge in [-0.3, -0.25) is 24.6 Å². The first kappa shape index (κ1) is 27.2. The van der Waals surface area contributed by atoms with Crippen LogP contribution >= 0.6 is 0 Å². The minimum absolute atomic E-state index is 0.169. The number of imide groups is 1. The highest BCUT2D eigenvalue weighted by Gasteiger charge is 2.39. The number of imidazole rings is 1. The zero-order valence-electron chi connectivity index (χ0n) is 21.1. The molecule has 3 N–H and O–H groups in total. The van der Waals surface area contributed by atoms with Crippen molar-refractivity contribution in [2.75, 3.05) is 13.1 Å². The van der Waals surface area contributed by atoms with Gasteiger partial charge in [0.15, 0.2) is 5.65 Å². The maximum atomic E-state index is 13.0. The molecule has 2 aromatic heterocycles. The summed E-state index contributed by atoms with van der Waals surface area (Å²) in [6.45, 7) is 3.38. The Balaban J connectivity index is 0.000000411. The number of alkyl halides is 3. The summed E-state index contributed by atoms with van der Waals surface area (Å²) in [7, 11) is 0. The molecule has 3 aliphatic rings. The van der Waals surface area contributed by atoms with Gasteiger partial charge in [0.1, 0.15) is 11.6 Å². The number of nitrogens with one attached hydrogen (secondary N) is 2. The van der Waals surface area contributed by atoms with E-state index in [4.69, 9.17) is 14.9 Å². The maximum Gasteiger partial charge on any atom is 0.490 e. The number of piperidine rings is 1. The van der Waals surface area contributed by atoms with E-state index in [1.165, 1.54) is 12.8 Å². The number of halogens is 3. The number of aromatic nitrogens is 3. The number of rotatable bonds is 4. The van der Waals surface area contributed by atoms with Gasteiger partial charge < -0.3 is 15.0 Å². The highest BCUT2D eigenvalue weighted by molar-refractivity contribution is 6.05. The van der Waals surface area contributed by atoms with Crippen molar-refractivity contribution < 1.29 is 37.5 Å². The van der Waals surface area contributed by atoms with Gasteiger partial charge in [0.25, 0.3) is 5.91 Å². The monoisotopic (exact) mass is 558 g/mol. The number of amides is 3. The number of H-pyrrole nitrogens is 1. The lowest BCUT2D eigenvalue weighted by molar-refractivity contribution is -0.192. The molecule has 2 saturated heterocycles. The molecule has 14 heteroatoms. The Bertz CT molecular complexity index is 1500. The van der Waals surface area contributed by atoms with Crippen LogP contribution < -0.4 is 5.32 Å². The van der Waals surface area contributed by atoms with E-state index < -0.39 is 24.1 Å². The normalized spacial score (nSPS) is 19.4. The quantitative estimate of drug-likeness (QED) is 0.414. The molecule has 1 atom stereocenters. The fourth-order valence-corrected chi connectivity index (χ4v) is 5.18. The van der Waals surface area contributed by atoms with Gasteiger partial charge in [0, 0.05) is 30.6 Å². The minimum Gasteiger partial charge on any atom is -0.475 e. The summed E-state index contributed by atoms with van der Waals surface area (Å²) in [6.07, 6.45) is -0.354. The standard InChI is InChI=1S/C24H24N6O3.C2HF3O2/c31-20-6-5-19(23(32)28-20)30-12-15-9-14(3-4-17(15)24(30)33)18-10-16(11-29-7-1-2-8-29)21-22(27-18)26-13-25-21;3-2(4,5)1(6)7/h3-4,9-10,13,19H,1-2,5-8,11-12H2,(H,25,26,27)(H,28,31,32);(H,6,7). The fourth-order valence-electron chi connectivity index (χ4n) is 5.18. The number of fused-ring (bicyclic) bond motifs is 2. The van der Waals surface area contributed by atoms with Crippen molar-refractivity contribution in [1.82, 2.24) is 30.1 Å². The van der Waals surface area contributed by atoms with Gasteiger partial charge >= 0.3 is 12.1 Å². The van der Waals surface area contributed by atoms with Crippen molar-refractivity contribution in [3.05, 3.63) is 47.3 Å². The summed E-state index contributed by atoms with van der Waals surface area (Å²) in [6, 6.07) is 7.20. The van der Waals surface area contributed by atoms with E-state index in [1.807, 2.05) is 18.2 Å². The Hall–Kier alpha value is -4.33. The van der Waals surface area contributed by atoms with Gasteiger partial charge in [-0.25, -0.2) is 14.8 Å². The Labute approximate surface area is 225 Å².